The molecule has 1 saturated heterocycles. The molecule has 1 aliphatic heterocycles. The standard InChI is InChI=1S/C22H30N2O2/c25-21-12-11-18(15-24(21)20-9-3-1-2-4-10-20)22(26)23-19-13-16-7-5-6-8-17(16)14-19/h5-8,18-20H,1-4,9-15H2,(H,23,26). The summed E-state index contributed by atoms with van der Waals surface area (Å²) in [7, 11) is 0. The van der Waals surface area contributed by atoms with Crippen LogP contribution in [0.25, 0.3) is 0 Å². The zero-order valence-electron chi connectivity index (χ0n) is 15.6. The van der Waals surface area contributed by atoms with Crippen molar-refractivity contribution in [2.45, 2.75) is 76.3 Å². The Hall–Kier alpha value is -1.84. The lowest BCUT2D eigenvalue weighted by molar-refractivity contribution is -0.141. The first-order chi connectivity index (χ1) is 12.7. The van der Waals surface area contributed by atoms with E-state index in [4.69, 9.17) is 0 Å². The highest BCUT2D eigenvalue weighted by molar-refractivity contribution is 5.84. The molecule has 4 nitrogen and oxygen atoms in total. The monoisotopic (exact) mass is 354 g/mol. The Morgan fingerprint density at radius 1 is 0.962 bits per heavy atom. The highest BCUT2D eigenvalue weighted by Gasteiger charge is 2.35. The molecule has 140 valence electrons. The second kappa shape index (κ2) is 7.81. The van der Waals surface area contributed by atoms with E-state index in [2.05, 4.69) is 29.6 Å². The molecule has 2 aliphatic carbocycles. The molecule has 1 aromatic rings. The van der Waals surface area contributed by atoms with Gasteiger partial charge in [0.1, 0.15) is 0 Å². The van der Waals surface area contributed by atoms with Crippen LogP contribution in [0, 0.1) is 5.92 Å². The summed E-state index contributed by atoms with van der Waals surface area (Å²) in [6.45, 7) is 0.620. The third-order valence-corrected chi connectivity index (χ3v) is 6.48. The summed E-state index contributed by atoms with van der Waals surface area (Å²) in [6, 6.07) is 9.03. The van der Waals surface area contributed by atoms with Crippen molar-refractivity contribution in [2.24, 2.45) is 5.92 Å². The van der Waals surface area contributed by atoms with Crippen LogP contribution >= 0.6 is 0 Å². The van der Waals surface area contributed by atoms with Gasteiger partial charge in [-0.25, -0.2) is 0 Å². The minimum atomic E-state index is -0.0420. The minimum absolute atomic E-state index is 0.0420. The molecule has 2 fully saturated rings. The topological polar surface area (TPSA) is 49.4 Å². The average Bonchev–Trinajstić information content (AvgIpc) is 2.86. The minimum Gasteiger partial charge on any atom is -0.352 e. The van der Waals surface area contributed by atoms with Crippen LogP contribution in [0.2, 0.25) is 0 Å². The van der Waals surface area contributed by atoms with Gasteiger partial charge in [0.05, 0.1) is 5.92 Å². The maximum absolute atomic E-state index is 12.9. The molecule has 1 atom stereocenters. The van der Waals surface area contributed by atoms with Crippen molar-refractivity contribution in [2.75, 3.05) is 6.54 Å². The molecule has 0 bridgehead atoms. The van der Waals surface area contributed by atoms with Crippen LogP contribution in [-0.2, 0) is 22.4 Å². The number of nitrogens with one attached hydrogen (secondary N) is 1. The Morgan fingerprint density at radius 3 is 2.27 bits per heavy atom. The molecule has 0 spiro atoms. The molecule has 0 aromatic heterocycles. The smallest absolute Gasteiger partial charge is 0.225 e. The van der Waals surface area contributed by atoms with E-state index in [0.717, 1.165) is 25.7 Å². The first kappa shape index (κ1) is 17.6. The summed E-state index contributed by atoms with van der Waals surface area (Å²) in [6.07, 6.45) is 10.3. The number of amides is 2. The lowest BCUT2D eigenvalue weighted by Gasteiger charge is -2.38. The van der Waals surface area contributed by atoms with Gasteiger partial charge >= 0.3 is 0 Å². The SMILES string of the molecule is O=C(NC1Cc2ccccc2C1)C1CCC(=O)N(C2CCCCCC2)C1. The summed E-state index contributed by atoms with van der Waals surface area (Å²) < 4.78 is 0. The number of hydrogen-bond acceptors (Lipinski definition) is 2. The molecule has 1 aromatic carbocycles. The molecule has 0 radical (unpaired) electrons. The van der Waals surface area contributed by atoms with E-state index < -0.39 is 0 Å². The van der Waals surface area contributed by atoms with Gasteiger partial charge in [-0.15, -0.1) is 0 Å². The normalized spacial score (nSPS) is 25.0. The van der Waals surface area contributed by atoms with Gasteiger partial charge in [-0.3, -0.25) is 9.59 Å². The fourth-order valence-corrected chi connectivity index (χ4v) is 4.99. The number of carbonyl (C=O) groups excluding carboxylic acids is 2. The molecule has 1 unspecified atom stereocenters. The lowest BCUT2D eigenvalue weighted by Crippen LogP contribution is -2.51. The van der Waals surface area contributed by atoms with E-state index in [1.54, 1.807) is 0 Å². The third-order valence-electron chi connectivity index (χ3n) is 6.48. The zero-order valence-corrected chi connectivity index (χ0v) is 15.6. The van der Waals surface area contributed by atoms with Crippen molar-refractivity contribution < 1.29 is 9.59 Å². The number of benzene rings is 1. The Labute approximate surface area is 156 Å². The molecule has 26 heavy (non-hydrogen) atoms. The van der Waals surface area contributed by atoms with Crippen LogP contribution in [0.15, 0.2) is 24.3 Å². The van der Waals surface area contributed by atoms with Crippen molar-refractivity contribution in [3.63, 3.8) is 0 Å². The van der Waals surface area contributed by atoms with Crippen molar-refractivity contribution in [1.29, 1.82) is 0 Å². The highest BCUT2D eigenvalue weighted by atomic mass is 16.2. The number of hydrogen-bond donors (Lipinski definition) is 1. The number of fused-ring (bicyclic) bond motifs is 1. The molecular formula is C22H30N2O2. The Bertz CT molecular complexity index is 639. The van der Waals surface area contributed by atoms with Crippen LogP contribution in [-0.4, -0.2) is 35.3 Å². The van der Waals surface area contributed by atoms with Crippen LogP contribution in [0.3, 0.4) is 0 Å². The maximum Gasteiger partial charge on any atom is 0.225 e. The van der Waals surface area contributed by atoms with E-state index in [1.807, 2.05) is 4.90 Å². The van der Waals surface area contributed by atoms with Crippen molar-refractivity contribution in [3.05, 3.63) is 35.4 Å². The van der Waals surface area contributed by atoms with Crippen LogP contribution in [0.1, 0.15) is 62.5 Å². The highest BCUT2D eigenvalue weighted by Crippen LogP contribution is 2.28. The molecule has 1 N–H and O–H groups in total. The van der Waals surface area contributed by atoms with Crippen LogP contribution in [0.5, 0.6) is 0 Å². The van der Waals surface area contributed by atoms with Gasteiger partial charge in [0.15, 0.2) is 0 Å². The molecule has 2 amide bonds. The molecule has 1 saturated carbocycles. The maximum atomic E-state index is 12.9. The lowest BCUT2D eigenvalue weighted by atomic mass is 9.93. The van der Waals surface area contributed by atoms with Gasteiger partial charge in [0, 0.05) is 25.0 Å². The van der Waals surface area contributed by atoms with Crippen molar-refractivity contribution in [3.8, 4) is 0 Å². The Balaban J connectivity index is 1.35. The summed E-state index contributed by atoms with van der Waals surface area (Å²) in [5.41, 5.74) is 2.72. The largest absolute Gasteiger partial charge is 0.352 e. The van der Waals surface area contributed by atoms with E-state index >= 15 is 0 Å². The first-order valence-electron chi connectivity index (χ1n) is 10.4. The number of likely N-dealkylation sites (tertiary alicyclic amines) is 1. The number of carbonyl (C=O) groups is 2. The quantitative estimate of drug-likeness (QED) is 0.847. The van der Waals surface area contributed by atoms with Crippen LogP contribution < -0.4 is 5.32 Å². The number of nitrogens with zero attached hydrogens (tertiary/aromatic N) is 1. The summed E-state index contributed by atoms with van der Waals surface area (Å²) in [4.78, 5) is 27.4. The number of rotatable bonds is 3. The van der Waals surface area contributed by atoms with Gasteiger partial charge in [0.25, 0.3) is 0 Å². The third kappa shape index (κ3) is 3.79. The van der Waals surface area contributed by atoms with Gasteiger partial charge in [-0.05, 0) is 43.2 Å². The van der Waals surface area contributed by atoms with Gasteiger partial charge in [-0.1, -0.05) is 49.9 Å². The van der Waals surface area contributed by atoms with E-state index in [1.165, 1.54) is 36.8 Å². The summed E-state index contributed by atoms with van der Waals surface area (Å²) in [5.74, 6) is 0.364. The summed E-state index contributed by atoms with van der Waals surface area (Å²) in [5, 5.41) is 3.27. The molecular weight excluding hydrogens is 324 g/mol. The molecule has 4 heteroatoms. The van der Waals surface area contributed by atoms with E-state index in [-0.39, 0.29) is 23.8 Å². The second-order valence-electron chi connectivity index (χ2n) is 8.31. The van der Waals surface area contributed by atoms with E-state index in [0.29, 0.717) is 25.4 Å². The van der Waals surface area contributed by atoms with Crippen molar-refractivity contribution in [1.82, 2.24) is 10.2 Å². The predicted octanol–water partition coefficient (Wildman–Crippen LogP) is 3.23. The van der Waals surface area contributed by atoms with Gasteiger partial charge in [0.2, 0.25) is 11.8 Å². The van der Waals surface area contributed by atoms with Gasteiger partial charge < -0.3 is 10.2 Å². The van der Waals surface area contributed by atoms with Crippen molar-refractivity contribution >= 4 is 11.8 Å². The molecule has 4 rings (SSSR count). The Morgan fingerprint density at radius 2 is 1.62 bits per heavy atom. The average molecular weight is 354 g/mol. The second-order valence-corrected chi connectivity index (χ2v) is 8.31. The summed E-state index contributed by atoms with van der Waals surface area (Å²) >= 11 is 0. The zero-order chi connectivity index (χ0) is 17.9. The van der Waals surface area contributed by atoms with Gasteiger partial charge in [-0.2, -0.15) is 0 Å². The van der Waals surface area contributed by atoms with Crippen LogP contribution in [0.4, 0.5) is 0 Å². The molecule has 3 aliphatic rings. The Kier molecular flexibility index (Phi) is 5.28. The fourth-order valence-electron chi connectivity index (χ4n) is 4.99. The molecule has 1 heterocycles. The fraction of sp³-hybridized carbons (Fsp3) is 0.636. The van der Waals surface area contributed by atoms with E-state index in [9.17, 15) is 9.59 Å². The first-order valence-corrected chi connectivity index (χ1v) is 10.4. The number of piperidine rings is 1. The predicted molar refractivity (Wildman–Crippen MR) is 102 cm³/mol.